The molecular formula is C17H16N4OS. The quantitative estimate of drug-likeness (QED) is 0.805. The van der Waals surface area contributed by atoms with Gasteiger partial charge < -0.3 is 9.88 Å². The van der Waals surface area contributed by atoms with Crippen molar-refractivity contribution in [2.45, 2.75) is 19.4 Å². The fourth-order valence-corrected chi connectivity index (χ4v) is 3.56. The number of anilines is 1. The van der Waals surface area contributed by atoms with Crippen LogP contribution in [0.3, 0.4) is 0 Å². The molecule has 1 aliphatic rings. The number of hydrogen-bond acceptors (Lipinski definition) is 4. The van der Waals surface area contributed by atoms with Crippen LogP contribution in [0, 0.1) is 5.92 Å². The number of rotatable bonds is 3. The van der Waals surface area contributed by atoms with E-state index in [0.717, 1.165) is 41.3 Å². The van der Waals surface area contributed by atoms with E-state index in [-0.39, 0.29) is 11.8 Å². The van der Waals surface area contributed by atoms with Crippen molar-refractivity contribution in [3.05, 3.63) is 54.6 Å². The van der Waals surface area contributed by atoms with Gasteiger partial charge in [0.25, 0.3) is 0 Å². The molecule has 0 aliphatic carbocycles. The smallest absolute Gasteiger partial charge is 0.228 e. The van der Waals surface area contributed by atoms with Gasteiger partial charge in [0.15, 0.2) is 0 Å². The number of amides is 1. The first-order valence-electron chi connectivity index (χ1n) is 7.61. The molecule has 6 heteroatoms. The third-order valence-electron chi connectivity index (χ3n) is 4.17. The number of carbonyl (C=O) groups excluding carboxylic acids is 1. The minimum absolute atomic E-state index is 0.00137. The minimum atomic E-state index is 0.00137. The number of imidazole rings is 1. The normalized spacial score (nSPS) is 16.8. The van der Waals surface area contributed by atoms with Crippen LogP contribution in [0.1, 0.15) is 12.1 Å². The summed E-state index contributed by atoms with van der Waals surface area (Å²) in [5.41, 5.74) is 3.09. The molecule has 0 saturated heterocycles. The molecule has 0 fully saturated rings. The maximum absolute atomic E-state index is 12.5. The Morgan fingerprint density at radius 1 is 1.30 bits per heavy atom. The van der Waals surface area contributed by atoms with Crippen LogP contribution >= 0.6 is 11.5 Å². The van der Waals surface area contributed by atoms with Crippen LogP contribution in [-0.4, -0.2) is 19.8 Å². The maximum Gasteiger partial charge on any atom is 0.228 e. The minimum Gasteiger partial charge on any atom is -0.335 e. The fraction of sp³-hybridized carbons (Fsp3) is 0.235. The molecule has 2 aromatic heterocycles. The maximum atomic E-state index is 12.5. The molecule has 0 radical (unpaired) electrons. The van der Waals surface area contributed by atoms with E-state index in [1.54, 1.807) is 0 Å². The number of benzene rings is 1. The lowest BCUT2D eigenvalue weighted by Crippen LogP contribution is -2.29. The third kappa shape index (κ3) is 2.90. The van der Waals surface area contributed by atoms with Gasteiger partial charge in [0.2, 0.25) is 5.91 Å². The topological polar surface area (TPSA) is 59.8 Å². The molecule has 3 heterocycles. The van der Waals surface area contributed by atoms with Crippen molar-refractivity contribution in [3.63, 3.8) is 0 Å². The summed E-state index contributed by atoms with van der Waals surface area (Å²) in [5.74, 6) is 0.0715. The lowest BCUT2D eigenvalue weighted by Gasteiger charge is -2.22. The van der Waals surface area contributed by atoms with Crippen LogP contribution in [0.15, 0.2) is 48.9 Å². The van der Waals surface area contributed by atoms with E-state index in [2.05, 4.69) is 19.2 Å². The van der Waals surface area contributed by atoms with E-state index >= 15 is 0 Å². The van der Waals surface area contributed by atoms with Gasteiger partial charge in [-0.1, -0.05) is 30.3 Å². The van der Waals surface area contributed by atoms with Gasteiger partial charge in [-0.25, -0.2) is 4.98 Å². The lowest BCUT2D eigenvalue weighted by molar-refractivity contribution is -0.120. The van der Waals surface area contributed by atoms with Gasteiger partial charge in [-0.2, -0.15) is 4.37 Å². The fourth-order valence-electron chi connectivity index (χ4n) is 2.90. The molecule has 23 heavy (non-hydrogen) atoms. The van der Waals surface area contributed by atoms with Crippen molar-refractivity contribution in [3.8, 4) is 11.3 Å². The number of hydrogen-bond donors (Lipinski definition) is 1. The van der Waals surface area contributed by atoms with E-state index in [1.165, 1.54) is 11.5 Å². The van der Waals surface area contributed by atoms with Crippen LogP contribution in [-0.2, 0) is 17.8 Å². The van der Waals surface area contributed by atoms with Crippen LogP contribution in [0.4, 0.5) is 5.00 Å². The van der Waals surface area contributed by atoms with E-state index in [4.69, 9.17) is 0 Å². The van der Waals surface area contributed by atoms with Crippen LogP contribution in [0.25, 0.3) is 11.3 Å². The largest absolute Gasteiger partial charge is 0.335 e. The summed E-state index contributed by atoms with van der Waals surface area (Å²) in [4.78, 5) is 16.6. The van der Waals surface area contributed by atoms with Crippen molar-refractivity contribution in [2.75, 3.05) is 5.32 Å². The van der Waals surface area contributed by atoms with E-state index in [0.29, 0.717) is 0 Å². The summed E-state index contributed by atoms with van der Waals surface area (Å²) in [6.45, 7) is 0.853. The van der Waals surface area contributed by atoms with Crippen molar-refractivity contribution >= 4 is 22.4 Å². The predicted octanol–water partition coefficient (Wildman–Crippen LogP) is 3.21. The summed E-state index contributed by atoms with van der Waals surface area (Å²) in [5, 5.41) is 3.81. The summed E-state index contributed by atoms with van der Waals surface area (Å²) in [7, 11) is 0. The second-order valence-electron chi connectivity index (χ2n) is 5.70. The van der Waals surface area contributed by atoms with Crippen molar-refractivity contribution < 1.29 is 4.79 Å². The zero-order valence-corrected chi connectivity index (χ0v) is 13.3. The van der Waals surface area contributed by atoms with Crippen LogP contribution in [0.5, 0.6) is 0 Å². The van der Waals surface area contributed by atoms with E-state index < -0.39 is 0 Å². The highest BCUT2D eigenvalue weighted by atomic mass is 32.1. The number of nitrogens with one attached hydrogen (secondary N) is 1. The number of aryl methyl sites for hydroxylation is 1. The van der Waals surface area contributed by atoms with Gasteiger partial charge in [-0.3, -0.25) is 4.79 Å². The molecule has 1 amide bonds. The molecular weight excluding hydrogens is 308 g/mol. The summed E-state index contributed by atoms with van der Waals surface area (Å²) >= 11 is 1.32. The average Bonchev–Trinajstić information content (AvgIpc) is 3.24. The van der Waals surface area contributed by atoms with Gasteiger partial charge in [0.1, 0.15) is 5.00 Å². The Morgan fingerprint density at radius 3 is 3.04 bits per heavy atom. The Balaban J connectivity index is 1.45. The van der Waals surface area contributed by atoms with Gasteiger partial charge in [0, 0.05) is 42.4 Å². The van der Waals surface area contributed by atoms with Crippen molar-refractivity contribution in [1.82, 2.24) is 13.9 Å². The van der Waals surface area contributed by atoms with Crippen LogP contribution in [0.2, 0.25) is 0 Å². The Kier molecular flexibility index (Phi) is 3.67. The molecule has 1 aliphatic heterocycles. The molecule has 5 nitrogen and oxygen atoms in total. The Morgan fingerprint density at radius 2 is 2.17 bits per heavy atom. The third-order valence-corrected chi connectivity index (χ3v) is 4.87. The molecule has 1 N–H and O–H groups in total. The zero-order chi connectivity index (χ0) is 15.6. The molecule has 0 spiro atoms. The first kappa shape index (κ1) is 14.1. The molecule has 116 valence electrons. The standard InChI is InChI=1S/C17H16N4OS/c22-17(13-6-7-21-11-18-10-14(21)8-13)19-16-9-15(20-23-16)12-4-2-1-3-5-12/h1-5,9-11,13H,6-8H2,(H,19,22)/t13-/m0/s1. The average molecular weight is 324 g/mol. The lowest BCUT2D eigenvalue weighted by atomic mass is 9.95. The van der Waals surface area contributed by atoms with E-state index in [1.807, 2.05) is 48.9 Å². The highest BCUT2D eigenvalue weighted by Gasteiger charge is 2.25. The van der Waals surface area contributed by atoms with Crippen LogP contribution < -0.4 is 5.32 Å². The van der Waals surface area contributed by atoms with E-state index in [9.17, 15) is 4.79 Å². The molecule has 1 aromatic carbocycles. The van der Waals surface area contributed by atoms with Crippen molar-refractivity contribution in [1.29, 1.82) is 0 Å². The number of aromatic nitrogens is 3. The Labute approximate surface area is 138 Å². The molecule has 0 bridgehead atoms. The first-order valence-corrected chi connectivity index (χ1v) is 8.39. The number of carbonyl (C=O) groups is 1. The molecule has 4 rings (SSSR count). The van der Waals surface area contributed by atoms with Crippen molar-refractivity contribution in [2.24, 2.45) is 5.92 Å². The monoisotopic (exact) mass is 324 g/mol. The van der Waals surface area contributed by atoms with Gasteiger partial charge in [0.05, 0.1) is 12.0 Å². The second-order valence-corrected chi connectivity index (χ2v) is 6.50. The van der Waals surface area contributed by atoms with Gasteiger partial charge in [-0.15, -0.1) is 0 Å². The molecule has 3 aromatic rings. The van der Waals surface area contributed by atoms with Gasteiger partial charge >= 0.3 is 0 Å². The summed E-state index contributed by atoms with van der Waals surface area (Å²) in [6.07, 6.45) is 5.27. The number of nitrogens with zero attached hydrogens (tertiary/aromatic N) is 3. The van der Waals surface area contributed by atoms with Gasteiger partial charge in [-0.05, 0) is 18.0 Å². The Hall–Kier alpha value is -2.47. The zero-order valence-electron chi connectivity index (χ0n) is 12.5. The number of fused-ring (bicyclic) bond motifs is 1. The Bertz CT molecular complexity index is 824. The summed E-state index contributed by atoms with van der Waals surface area (Å²) in [6, 6.07) is 11.9. The second kappa shape index (κ2) is 5.96. The first-order chi connectivity index (χ1) is 11.3. The highest BCUT2D eigenvalue weighted by Crippen LogP contribution is 2.27. The summed E-state index contributed by atoms with van der Waals surface area (Å²) < 4.78 is 6.54. The predicted molar refractivity (Wildman–Crippen MR) is 90.2 cm³/mol. The SMILES string of the molecule is O=C(Nc1cc(-c2ccccc2)ns1)[C@H]1CCn2cncc2C1. The molecule has 0 unspecified atom stereocenters. The molecule has 0 saturated carbocycles. The molecule has 1 atom stereocenters. The highest BCUT2D eigenvalue weighted by molar-refractivity contribution is 7.10.